The Labute approximate surface area is 220 Å². The second-order valence-corrected chi connectivity index (χ2v) is 10.5. The third-order valence-corrected chi connectivity index (χ3v) is 7.23. The number of nitrogens with one attached hydrogen (secondary N) is 1. The molecule has 0 aliphatic carbocycles. The van der Waals surface area contributed by atoms with Crippen LogP contribution in [0, 0.1) is 13.8 Å². The largest absolute Gasteiger partial charge is 0.352 e. The predicted octanol–water partition coefficient (Wildman–Crippen LogP) is 6.09. The Morgan fingerprint density at radius 1 is 0.861 bits per heavy atom. The Hall–Kier alpha value is -3.05. The Balaban J connectivity index is 1.83. The first-order chi connectivity index (χ1) is 17.4. The fourth-order valence-electron chi connectivity index (χ4n) is 4.27. The van der Waals surface area contributed by atoms with Crippen molar-refractivity contribution in [2.75, 3.05) is 5.75 Å². The van der Waals surface area contributed by atoms with Crippen LogP contribution in [0.4, 0.5) is 0 Å². The number of hydrogen-bond acceptors (Lipinski definition) is 3. The molecule has 0 saturated heterocycles. The lowest BCUT2D eigenvalue weighted by molar-refractivity contribution is -0.139. The van der Waals surface area contributed by atoms with Crippen molar-refractivity contribution in [2.45, 2.75) is 64.9 Å². The van der Waals surface area contributed by atoms with Crippen LogP contribution < -0.4 is 5.32 Å². The van der Waals surface area contributed by atoms with Gasteiger partial charge in [-0.25, -0.2) is 0 Å². The maximum Gasteiger partial charge on any atom is 0.243 e. The molecule has 36 heavy (non-hydrogen) atoms. The number of nitrogens with zero attached hydrogens (tertiary/aromatic N) is 1. The average Bonchev–Trinajstić information content (AvgIpc) is 2.86. The van der Waals surface area contributed by atoms with E-state index in [1.807, 2.05) is 74.5 Å². The van der Waals surface area contributed by atoms with Crippen LogP contribution >= 0.6 is 11.8 Å². The molecule has 0 fully saturated rings. The van der Waals surface area contributed by atoms with E-state index < -0.39 is 6.04 Å². The van der Waals surface area contributed by atoms with Crippen LogP contribution in [0.25, 0.3) is 0 Å². The second-order valence-electron chi connectivity index (χ2n) is 9.52. The summed E-state index contributed by atoms with van der Waals surface area (Å²) in [7, 11) is 0. The summed E-state index contributed by atoms with van der Waals surface area (Å²) in [6.45, 7) is 8.64. The van der Waals surface area contributed by atoms with E-state index in [4.69, 9.17) is 0 Å². The van der Waals surface area contributed by atoms with E-state index in [2.05, 4.69) is 37.4 Å². The lowest BCUT2D eigenvalue weighted by Crippen LogP contribution is -2.52. The molecule has 0 spiro atoms. The SMILES string of the molecule is CC[C@@H](C)NC(=O)[C@@H](Cc1ccccc1)N(Cc1ccccc1)C(=O)CSCc1cc(C)cc(C)c1. The molecule has 0 bridgehead atoms. The third kappa shape index (κ3) is 8.56. The average molecular weight is 503 g/mol. The van der Waals surface area contributed by atoms with E-state index in [1.165, 1.54) is 16.7 Å². The first kappa shape index (κ1) is 27.5. The number of aryl methyl sites for hydroxylation is 2. The van der Waals surface area contributed by atoms with Gasteiger partial charge in [-0.05, 0) is 43.9 Å². The quantitative estimate of drug-likeness (QED) is 0.326. The summed E-state index contributed by atoms with van der Waals surface area (Å²) in [5, 5.41) is 3.13. The van der Waals surface area contributed by atoms with Gasteiger partial charge in [0.2, 0.25) is 11.8 Å². The number of carbonyl (C=O) groups excluding carboxylic acids is 2. The zero-order valence-corrected chi connectivity index (χ0v) is 22.7. The minimum atomic E-state index is -0.587. The predicted molar refractivity (Wildman–Crippen MR) is 151 cm³/mol. The van der Waals surface area contributed by atoms with Gasteiger partial charge in [0, 0.05) is 24.8 Å². The van der Waals surface area contributed by atoms with Crippen LogP contribution in [0.3, 0.4) is 0 Å². The summed E-state index contributed by atoms with van der Waals surface area (Å²) in [4.78, 5) is 29.0. The van der Waals surface area contributed by atoms with Crippen LogP contribution in [-0.4, -0.2) is 34.6 Å². The summed E-state index contributed by atoms with van der Waals surface area (Å²) in [5.74, 6) is 0.961. The van der Waals surface area contributed by atoms with Crippen LogP contribution in [0.1, 0.15) is 48.1 Å². The van der Waals surface area contributed by atoms with E-state index in [9.17, 15) is 9.59 Å². The van der Waals surface area contributed by atoms with Crippen molar-refractivity contribution in [3.8, 4) is 0 Å². The number of hydrogen-bond donors (Lipinski definition) is 1. The van der Waals surface area contributed by atoms with E-state index in [1.54, 1.807) is 16.7 Å². The smallest absolute Gasteiger partial charge is 0.243 e. The maximum atomic E-state index is 13.7. The zero-order chi connectivity index (χ0) is 25.9. The fourth-order valence-corrected chi connectivity index (χ4v) is 5.11. The van der Waals surface area contributed by atoms with E-state index in [-0.39, 0.29) is 17.9 Å². The van der Waals surface area contributed by atoms with E-state index in [0.29, 0.717) is 18.7 Å². The molecule has 3 rings (SSSR count). The summed E-state index contributed by atoms with van der Waals surface area (Å²) in [6.07, 6.45) is 1.31. The van der Waals surface area contributed by atoms with E-state index >= 15 is 0 Å². The van der Waals surface area contributed by atoms with Crippen LogP contribution in [0.2, 0.25) is 0 Å². The Morgan fingerprint density at radius 3 is 2.03 bits per heavy atom. The highest BCUT2D eigenvalue weighted by Gasteiger charge is 2.30. The van der Waals surface area contributed by atoms with Crippen molar-refractivity contribution >= 4 is 23.6 Å². The molecule has 2 amide bonds. The normalized spacial score (nSPS) is 12.6. The van der Waals surface area contributed by atoms with Crippen molar-refractivity contribution in [1.29, 1.82) is 0 Å². The highest BCUT2D eigenvalue weighted by atomic mass is 32.2. The molecule has 0 aromatic heterocycles. The molecular formula is C31H38N2O2S. The number of thioether (sulfide) groups is 1. The van der Waals surface area contributed by atoms with Crippen LogP contribution in [0.5, 0.6) is 0 Å². The number of benzene rings is 3. The van der Waals surface area contributed by atoms with Crippen molar-refractivity contribution in [1.82, 2.24) is 10.2 Å². The molecule has 0 saturated carbocycles. The first-order valence-electron chi connectivity index (χ1n) is 12.7. The van der Waals surface area contributed by atoms with Gasteiger partial charge in [-0.1, -0.05) is 96.9 Å². The Kier molecular flexibility index (Phi) is 10.6. The van der Waals surface area contributed by atoms with Gasteiger partial charge in [0.05, 0.1) is 5.75 Å². The molecule has 190 valence electrons. The van der Waals surface area contributed by atoms with Gasteiger partial charge >= 0.3 is 0 Å². The Morgan fingerprint density at radius 2 is 1.44 bits per heavy atom. The van der Waals surface area contributed by atoms with Gasteiger partial charge in [0.15, 0.2) is 0 Å². The molecular weight excluding hydrogens is 464 g/mol. The van der Waals surface area contributed by atoms with Gasteiger partial charge < -0.3 is 10.2 Å². The fraction of sp³-hybridized carbons (Fsp3) is 0.355. The molecule has 0 unspecified atom stereocenters. The lowest BCUT2D eigenvalue weighted by Gasteiger charge is -2.32. The highest BCUT2D eigenvalue weighted by Crippen LogP contribution is 2.20. The minimum Gasteiger partial charge on any atom is -0.352 e. The molecule has 4 nitrogen and oxygen atoms in total. The van der Waals surface area contributed by atoms with Gasteiger partial charge in [-0.2, -0.15) is 0 Å². The second kappa shape index (κ2) is 13.9. The molecule has 1 N–H and O–H groups in total. The molecule has 3 aromatic carbocycles. The lowest BCUT2D eigenvalue weighted by atomic mass is 10.0. The monoisotopic (exact) mass is 502 g/mol. The number of amides is 2. The highest BCUT2D eigenvalue weighted by molar-refractivity contribution is 7.99. The first-order valence-corrected chi connectivity index (χ1v) is 13.8. The van der Waals surface area contributed by atoms with Crippen LogP contribution in [-0.2, 0) is 28.3 Å². The van der Waals surface area contributed by atoms with Crippen molar-refractivity contribution in [3.05, 3.63) is 107 Å². The molecule has 2 atom stereocenters. The minimum absolute atomic E-state index is 0.0199. The third-order valence-electron chi connectivity index (χ3n) is 6.24. The molecule has 0 aliphatic rings. The zero-order valence-electron chi connectivity index (χ0n) is 21.9. The maximum absolute atomic E-state index is 13.7. The summed E-state index contributed by atoms with van der Waals surface area (Å²) < 4.78 is 0. The summed E-state index contributed by atoms with van der Waals surface area (Å²) in [6, 6.07) is 25.8. The molecule has 0 heterocycles. The number of rotatable bonds is 12. The summed E-state index contributed by atoms with van der Waals surface area (Å²) in [5.41, 5.74) is 5.73. The van der Waals surface area contributed by atoms with Crippen molar-refractivity contribution in [2.24, 2.45) is 0 Å². The number of carbonyl (C=O) groups is 2. The van der Waals surface area contributed by atoms with E-state index in [0.717, 1.165) is 23.3 Å². The Bertz CT molecular complexity index is 1100. The molecule has 3 aromatic rings. The topological polar surface area (TPSA) is 49.4 Å². The van der Waals surface area contributed by atoms with Crippen molar-refractivity contribution in [3.63, 3.8) is 0 Å². The van der Waals surface area contributed by atoms with Crippen LogP contribution in [0.15, 0.2) is 78.9 Å². The van der Waals surface area contributed by atoms with Crippen molar-refractivity contribution < 1.29 is 9.59 Å². The molecule has 0 aliphatic heterocycles. The molecule has 0 radical (unpaired) electrons. The molecule has 5 heteroatoms. The summed E-state index contributed by atoms with van der Waals surface area (Å²) >= 11 is 1.60. The van der Waals surface area contributed by atoms with Gasteiger partial charge in [0.25, 0.3) is 0 Å². The van der Waals surface area contributed by atoms with Gasteiger partial charge in [0.1, 0.15) is 6.04 Å². The standard InChI is InChI=1S/C31H38N2O2S/c1-5-25(4)32-31(35)29(19-26-12-8-6-9-13-26)33(20-27-14-10-7-11-15-27)30(34)22-36-21-28-17-23(2)16-24(3)18-28/h6-18,25,29H,5,19-22H2,1-4H3,(H,32,35)/t25-,29-/m1/s1. The van der Waals surface area contributed by atoms with Gasteiger partial charge in [-0.15, -0.1) is 11.8 Å². The van der Waals surface area contributed by atoms with Gasteiger partial charge in [-0.3, -0.25) is 9.59 Å².